The molecular weight excluding hydrogens is 294 g/mol. The highest BCUT2D eigenvalue weighted by molar-refractivity contribution is 5.98. The molecule has 1 fully saturated rings. The first-order valence-corrected chi connectivity index (χ1v) is 8.40. The maximum Gasteiger partial charge on any atom is 0.331 e. The molecule has 2 aliphatic rings. The molecule has 0 radical (unpaired) electrons. The molecule has 1 saturated carbocycles. The summed E-state index contributed by atoms with van der Waals surface area (Å²) in [7, 11) is 0. The molecular formula is C18H23NO4. The van der Waals surface area contributed by atoms with E-state index in [4.69, 9.17) is 9.47 Å². The lowest BCUT2D eigenvalue weighted by Gasteiger charge is -2.35. The Kier molecular flexibility index (Phi) is 4.55. The van der Waals surface area contributed by atoms with Gasteiger partial charge in [0, 0.05) is 12.0 Å². The summed E-state index contributed by atoms with van der Waals surface area (Å²) in [5.41, 5.74) is 0.746. The lowest BCUT2D eigenvalue weighted by atomic mass is 9.81. The van der Waals surface area contributed by atoms with Crippen molar-refractivity contribution in [3.05, 3.63) is 29.3 Å². The Balaban J connectivity index is 1.79. The van der Waals surface area contributed by atoms with Crippen molar-refractivity contribution in [2.24, 2.45) is 0 Å². The van der Waals surface area contributed by atoms with Gasteiger partial charge in [0.2, 0.25) is 0 Å². The van der Waals surface area contributed by atoms with E-state index in [9.17, 15) is 9.59 Å². The minimum atomic E-state index is -0.874. The van der Waals surface area contributed by atoms with Gasteiger partial charge in [-0.1, -0.05) is 19.3 Å². The van der Waals surface area contributed by atoms with Crippen LogP contribution in [-0.4, -0.2) is 30.6 Å². The van der Waals surface area contributed by atoms with Gasteiger partial charge in [-0.3, -0.25) is 4.79 Å². The molecule has 0 aromatic heterocycles. The summed E-state index contributed by atoms with van der Waals surface area (Å²) in [5.74, 6) is 0.325. The number of hydrogen-bond donors (Lipinski definition) is 1. The number of ether oxygens (including phenoxy) is 2. The summed E-state index contributed by atoms with van der Waals surface area (Å²) >= 11 is 0. The van der Waals surface area contributed by atoms with Crippen LogP contribution in [0, 0.1) is 0 Å². The number of carbonyl (C=O) groups excluding carboxylic acids is 2. The Morgan fingerprint density at radius 1 is 1.26 bits per heavy atom. The number of amides is 1. The van der Waals surface area contributed by atoms with E-state index in [2.05, 4.69) is 5.32 Å². The highest BCUT2D eigenvalue weighted by Gasteiger charge is 2.42. The standard InChI is InChI=1S/C18H23NO4/c1-2-22-17(21)18(9-4-3-5-10-18)19-16(20)14-6-7-15-13(12-14)8-11-23-15/h6-7,12H,2-5,8-11H2,1H3,(H,19,20). The Bertz CT molecular complexity index is 605. The maximum atomic E-state index is 12.7. The Hall–Kier alpha value is -2.04. The quantitative estimate of drug-likeness (QED) is 0.867. The van der Waals surface area contributed by atoms with Crippen LogP contribution in [0.2, 0.25) is 0 Å². The fourth-order valence-corrected chi connectivity index (χ4v) is 3.42. The van der Waals surface area contributed by atoms with Crippen molar-refractivity contribution < 1.29 is 19.1 Å². The molecule has 0 spiro atoms. The molecule has 1 aliphatic heterocycles. The minimum absolute atomic E-state index is 0.213. The second-order valence-corrected chi connectivity index (χ2v) is 6.24. The summed E-state index contributed by atoms with van der Waals surface area (Å²) in [5, 5.41) is 2.97. The van der Waals surface area contributed by atoms with E-state index >= 15 is 0 Å². The van der Waals surface area contributed by atoms with Gasteiger partial charge >= 0.3 is 5.97 Å². The van der Waals surface area contributed by atoms with Gasteiger partial charge in [0.1, 0.15) is 11.3 Å². The molecule has 23 heavy (non-hydrogen) atoms. The lowest BCUT2D eigenvalue weighted by Crippen LogP contribution is -2.56. The van der Waals surface area contributed by atoms with Gasteiger partial charge in [-0.05, 0) is 43.5 Å². The normalized spacial score (nSPS) is 18.7. The third-order valence-electron chi connectivity index (χ3n) is 4.68. The van der Waals surface area contributed by atoms with Crippen LogP contribution in [0.5, 0.6) is 5.75 Å². The van der Waals surface area contributed by atoms with Crippen molar-refractivity contribution in [1.82, 2.24) is 5.32 Å². The molecule has 1 aliphatic carbocycles. The second kappa shape index (κ2) is 6.60. The van der Waals surface area contributed by atoms with Gasteiger partial charge in [-0.25, -0.2) is 4.79 Å². The summed E-state index contributed by atoms with van der Waals surface area (Å²) in [6.45, 7) is 2.77. The topological polar surface area (TPSA) is 64.6 Å². The lowest BCUT2D eigenvalue weighted by molar-refractivity contribution is -0.152. The van der Waals surface area contributed by atoms with Crippen LogP contribution in [0.25, 0.3) is 0 Å². The molecule has 5 heteroatoms. The van der Waals surface area contributed by atoms with Gasteiger partial charge in [0.25, 0.3) is 5.91 Å². The highest BCUT2D eigenvalue weighted by Crippen LogP contribution is 2.31. The molecule has 1 amide bonds. The van der Waals surface area contributed by atoms with Crippen molar-refractivity contribution in [2.45, 2.75) is 51.0 Å². The first-order valence-electron chi connectivity index (χ1n) is 8.40. The van der Waals surface area contributed by atoms with Gasteiger partial charge in [0.05, 0.1) is 13.2 Å². The zero-order valence-electron chi connectivity index (χ0n) is 13.5. The summed E-state index contributed by atoms with van der Waals surface area (Å²) in [4.78, 5) is 25.1. The van der Waals surface area contributed by atoms with Gasteiger partial charge in [-0.2, -0.15) is 0 Å². The second-order valence-electron chi connectivity index (χ2n) is 6.24. The summed E-state index contributed by atoms with van der Waals surface area (Å²) < 4.78 is 10.7. The highest BCUT2D eigenvalue weighted by atomic mass is 16.5. The van der Waals surface area contributed by atoms with Gasteiger partial charge in [-0.15, -0.1) is 0 Å². The number of esters is 1. The van der Waals surface area contributed by atoms with Crippen molar-refractivity contribution in [2.75, 3.05) is 13.2 Å². The molecule has 0 unspecified atom stereocenters. The Morgan fingerprint density at radius 2 is 2.04 bits per heavy atom. The predicted octanol–water partition coefficient (Wildman–Crippen LogP) is 2.62. The van der Waals surface area contributed by atoms with Crippen molar-refractivity contribution in [3.63, 3.8) is 0 Å². The van der Waals surface area contributed by atoms with E-state index in [1.165, 1.54) is 0 Å². The van der Waals surface area contributed by atoms with E-state index in [1.54, 1.807) is 13.0 Å². The van der Waals surface area contributed by atoms with Gasteiger partial charge in [0.15, 0.2) is 0 Å². The monoisotopic (exact) mass is 317 g/mol. The van der Waals surface area contributed by atoms with Crippen LogP contribution < -0.4 is 10.1 Å². The molecule has 1 aromatic rings. The molecule has 0 bridgehead atoms. The van der Waals surface area contributed by atoms with Crippen LogP contribution in [0.1, 0.15) is 54.9 Å². The third kappa shape index (κ3) is 3.19. The maximum absolute atomic E-state index is 12.7. The smallest absolute Gasteiger partial charge is 0.331 e. The van der Waals surface area contributed by atoms with Crippen molar-refractivity contribution in [1.29, 1.82) is 0 Å². The molecule has 3 rings (SSSR count). The van der Waals surface area contributed by atoms with E-state index < -0.39 is 5.54 Å². The number of benzene rings is 1. The third-order valence-corrected chi connectivity index (χ3v) is 4.68. The molecule has 5 nitrogen and oxygen atoms in total. The minimum Gasteiger partial charge on any atom is -0.493 e. The van der Waals surface area contributed by atoms with Gasteiger partial charge < -0.3 is 14.8 Å². The van der Waals surface area contributed by atoms with Crippen LogP contribution in [0.15, 0.2) is 18.2 Å². The zero-order chi connectivity index (χ0) is 16.3. The first-order chi connectivity index (χ1) is 11.1. The van der Waals surface area contributed by atoms with Crippen LogP contribution in [-0.2, 0) is 16.0 Å². The number of rotatable bonds is 4. The predicted molar refractivity (Wildman–Crippen MR) is 85.6 cm³/mol. The van der Waals surface area contributed by atoms with E-state index in [0.29, 0.717) is 31.6 Å². The molecule has 1 N–H and O–H groups in total. The molecule has 124 valence electrons. The number of hydrogen-bond acceptors (Lipinski definition) is 4. The fourth-order valence-electron chi connectivity index (χ4n) is 3.42. The molecule has 1 aromatic carbocycles. The molecule has 0 atom stereocenters. The van der Waals surface area contributed by atoms with E-state index in [-0.39, 0.29) is 11.9 Å². The van der Waals surface area contributed by atoms with Crippen molar-refractivity contribution in [3.8, 4) is 5.75 Å². The van der Waals surface area contributed by atoms with E-state index in [1.807, 2.05) is 12.1 Å². The average molecular weight is 317 g/mol. The largest absolute Gasteiger partial charge is 0.493 e. The van der Waals surface area contributed by atoms with Crippen LogP contribution in [0.3, 0.4) is 0 Å². The molecule has 0 saturated heterocycles. The summed E-state index contributed by atoms with van der Waals surface area (Å²) in [6.07, 6.45) is 5.05. The molecule has 1 heterocycles. The van der Waals surface area contributed by atoms with Crippen molar-refractivity contribution >= 4 is 11.9 Å². The average Bonchev–Trinajstić information content (AvgIpc) is 3.03. The number of carbonyl (C=O) groups is 2. The van der Waals surface area contributed by atoms with Crippen LogP contribution >= 0.6 is 0 Å². The van der Waals surface area contributed by atoms with E-state index in [0.717, 1.165) is 37.0 Å². The fraction of sp³-hybridized carbons (Fsp3) is 0.556. The number of nitrogens with one attached hydrogen (secondary N) is 1. The Morgan fingerprint density at radius 3 is 2.78 bits per heavy atom. The first kappa shape index (κ1) is 15.8. The SMILES string of the molecule is CCOC(=O)C1(NC(=O)c2ccc3c(c2)CCO3)CCCCC1. The van der Waals surface area contributed by atoms with Crippen LogP contribution in [0.4, 0.5) is 0 Å². The number of fused-ring (bicyclic) bond motifs is 1. The Labute approximate surface area is 136 Å². The zero-order valence-corrected chi connectivity index (χ0v) is 13.5. The summed E-state index contributed by atoms with van der Waals surface area (Å²) in [6, 6.07) is 5.44.